The second kappa shape index (κ2) is 21.4. The number of amides is 1. The number of aliphatic hydroxyl groups is 1. The average Bonchev–Trinajstić information content (AvgIpc) is 3.28. The summed E-state index contributed by atoms with van der Waals surface area (Å²) < 4.78 is 24.3. The number of ether oxygens (including phenoxy) is 4. The Morgan fingerprint density at radius 3 is 1.81 bits per heavy atom. The zero-order chi connectivity index (χ0) is 44.2. The Bertz CT molecular complexity index is 2720. The van der Waals surface area contributed by atoms with Gasteiger partial charge in [0.15, 0.2) is 5.78 Å². The number of carbonyl (C=O) groups is 2. The summed E-state index contributed by atoms with van der Waals surface area (Å²) in [7, 11) is 0. The third-order valence-electron chi connectivity index (χ3n) is 9.15. The second-order valence-corrected chi connectivity index (χ2v) is 15.1. The van der Waals surface area contributed by atoms with E-state index in [9.17, 15) is 20.0 Å². The van der Waals surface area contributed by atoms with Crippen molar-refractivity contribution < 1.29 is 33.6 Å². The molecule has 0 fully saturated rings. The van der Waals surface area contributed by atoms with Gasteiger partial charge in [-0.1, -0.05) is 82.8 Å². The molecule has 0 radical (unpaired) electrons. The highest BCUT2D eigenvalue weighted by Crippen LogP contribution is 2.40. The van der Waals surface area contributed by atoms with Gasteiger partial charge in [-0.05, 0) is 43.2 Å². The molecule has 4 aromatic carbocycles. The molecule has 0 aliphatic heterocycles. The van der Waals surface area contributed by atoms with Crippen LogP contribution in [0, 0.1) is 17.9 Å². The number of ketones is 1. The van der Waals surface area contributed by atoms with Gasteiger partial charge in [-0.3, -0.25) is 19.6 Å². The third-order valence-corrected chi connectivity index (χ3v) is 10.6. The lowest BCUT2D eigenvalue weighted by molar-refractivity contribution is 0.0945. The van der Waals surface area contributed by atoms with Gasteiger partial charge in [0.1, 0.15) is 55.5 Å². The second-order valence-electron chi connectivity index (χ2n) is 13.5. The Balaban J connectivity index is 1.19. The van der Waals surface area contributed by atoms with Crippen LogP contribution in [0.2, 0.25) is 20.1 Å². The number of benzene rings is 4. The van der Waals surface area contributed by atoms with E-state index in [4.69, 9.17) is 71.9 Å². The average molecular weight is 912 g/mol. The Morgan fingerprint density at radius 1 is 0.726 bits per heavy atom. The lowest BCUT2D eigenvalue weighted by Gasteiger charge is -2.17. The van der Waals surface area contributed by atoms with E-state index in [-0.39, 0.29) is 89.5 Å². The first-order valence-electron chi connectivity index (χ1n) is 18.8. The highest BCUT2D eigenvalue weighted by atomic mass is 35.5. The molecule has 6 aromatic rings. The van der Waals surface area contributed by atoms with Crippen LogP contribution in [0.1, 0.15) is 61.9 Å². The fraction of sp³-hybridized carbons (Fsp3) is 0.174. The van der Waals surface area contributed by atoms with Crippen LogP contribution in [0.3, 0.4) is 0 Å². The van der Waals surface area contributed by atoms with Gasteiger partial charge in [0.25, 0.3) is 5.91 Å². The number of nitriles is 1. The SMILES string of the molecule is [C-]#[N+]c1cncc(COc2cc(OCc3cccc(-c4cccc(COc5cc(OCc6cncc(C#N)c6)c(C(C)=O)cc5Cl)c4Cl)c3Cl)c(Cl)cc2C(=O)NCCCO)c1. The molecule has 2 heterocycles. The first kappa shape index (κ1) is 45.2. The Morgan fingerprint density at radius 2 is 1.26 bits per heavy atom. The van der Waals surface area contributed by atoms with Gasteiger partial charge in [0, 0.05) is 77.9 Å². The lowest BCUT2D eigenvalue weighted by Crippen LogP contribution is -2.25. The van der Waals surface area contributed by atoms with Crippen molar-refractivity contribution in [1.82, 2.24) is 15.3 Å². The first-order chi connectivity index (χ1) is 30.0. The van der Waals surface area contributed by atoms with Crippen LogP contribution < -0.4 is 24.3 Å². The molecule has 16 heteroatoms. The molecule has 0 aliphatic carbocycles. The minimum atomic E-state index is -0.462. The predicted octanol–water partition coefficient (Wildman–Crippen LogP) is 10.8. The first-order valence-corrected chi connectivity index (χ1v) is 20.3. The molecule has 6 rings (SSSR count). The molecule has 0 saturated heterocycles. The third kappa shape index (κ3) is 11.3. The number of pyridine rings is 2. The molecule has 1 amide bonds. The summed E-state index contributed by atoms with van der Waals surface area (Å²) in [6.07, 6.45) is 6.37. The van der Waals surface area contributed by atoms with E-state index in [1.54, 1.807) is 36.7 Å². The number of nitrogens with zero attached hydrogens (tertiary/aromatic N) is 4. The molecular formula is C46H35Cl4N5O7. The Kier molecular flexibility index (Phi) is 15.6. The van der Waals surface area contributed by atoms with Crippen molar-refractivity contribution in [2.75, 3.05) is 13.2 Å². The van der Waals surface area contributed by atoms with Gasteiger partial charge < -0.3 is 29.4 Å². The molecule has 62 heavy (non-hydrogen) atoms. The number of halogens is 4. The Labute approximate surface area is 377 Å². The van der Waals surface area contributed by atoms with Crippen molar-refractivity contribution in [2.24, 2.45) is 0 Å². The monoisotopic (exact) mass is 909 g/mol. The van der Waals surface area contributed by atoms with E-state index in [0.717, 1.165) is 0 Å². The van der Waals surface area contributed by atoms with E-state index < -0.39 is 5.91 Å². The van der Waals surface area contributed by atoms with E-state index in [1.807, 2.05) is 30.3 Å². The van der Waals surface area contributed by atoms with Crippen molar-refractivity contribution >= 4 is 63.8 Å². The molecule has 0 aliphatic rings. The maximum atomic E-state index is 13.1. The van der Waals surface area contributed by atoms with E-state index in [0.29, 0.717) is 61.1 Å². The van der Waals surface area contributed by atoms with Crippen molar-refractivity contribution in [3.63, 3.8) is 0 Å². The smallest absolute Gasteiger partial charge is 0.255 e. The molecule has 0 saturated carbocycles. The summed E-state index contributed by atoms with van der Waals surface area (Å²) in [5, 5.41) is 22.2. The molecule has 0 bridgehead atoms. The van der Waals surface area contributed by atoms with Gasteiger partial charge in [-0.2, -0.15) is 5.26 Å². The lowest BCUT2D eigenvalue weighted by atomic mass is 10.0. The van der Waals surface area contributed by atoms with Crippen molar-refractivity contribution in [2.45, 2.75) is 39.8 Å². The molecular weight excluding hydrogens is 876 g/mol. The molecule has 0 spiro atoms. The molecule has 2 aromatic heterocycles. The zero-order valence-electron chi connectivity index (χ0n) is 32.9. The summed E-state index contributed by atoms with van der Waals surface area (Å²) in [6, 6.07) is 22.1. The number of aliphatic hydroxyl groups excluding tert-OH is 1. The van der Waals surface area contributed by atoms with Gasteiger partial charge in [0.2, 0.25) is 5.69 Å². The van der Waals surface area contributed by atoms with Crippen LogP contribution in [0.25, 0.3) is 16.0 Å². The Hall–Kier alpha value is -6.38. The quantitative estimate of drug-likeness (QED) is 0.0483. The minimum Gasteiger partial charge on any atom is -0.488 e. The number of nitrogens with one attached hydrogen (secondary N) is 1. The van der Waals surface area contributed by atoms with Crippen LogP contribution in [0.4, 0.5) is 5.69 Å². The zero-order valence-corrected chi connectivity index (χ0v) is 35.9. The highest BCUT2D eigenvalue weighted by Gasteiger charge is 2.20. The van der Waals surface area contributed by atoms with Crippen LogP contribution in [0.5, 0.6) is 23.0 Å². The largest absolute Gasteiger partial charge is 0.488 e. The van der Waals surface area contributed by atoms with Gasteiger partial charge in [0.05, 0.1) is 43.4 Å². The van der Waals surface area contributed by atoms with Crippen LogP contribution in [-0.2, 0) is 26.4 Å². The van der Waals surface area contributed by atoms with Crippen LogP contribution in [-0.4, -0.2) is 39.9 Å². The number of hydrogen-bond donors (Lipinski definition) is 2. The normalized spacial score (nSPS) is 10.6. The van der Waals surface area contributed by atoms with Gasteiger partial charge in [-0.15, -0.1) is 0 Å². The van der Waals surface area contributed by atoms with Gasteiger partial charge in [-0.25, -0.2) is 4.85 Å². The van der Waals surface area contributed by atoms with E-state index >= 15 is 0 Å². The summed E-state index contributed by atoms with van der Waals surface area (Å²) >= 11 is 27.2. The molecule has 12 nitrogen and oxygen atoms in total. The van der Waals surface area contributed by atoms with Crippen molar-refractivity contribution in [1.29, 1.82) is 5.26 Å². The number of rotatable bonds is 18. The summed E-state index contributed by atoms with van der Waals surface area (Å²) in [6.45, 7) is 8.85. The predicted molar refractivity (Wildman–Crippen MR) is 236 cm³/mol. The van der Waals surface area contributed by atoms with Gasteiger partial charge >= 0.3 is 0 Å². The van der Waals surface area contributed by atoms with Crippen molar-refractivity contribution in [3.8, 4) is 40.2 Å². The minimum absolute atomic E-state index is 0.000202. The molecule has 0 atom stereocenters. The van der Waals surface area contributed by atoms with Crippen LogP contribution >= 0.6 is 46.4 Å². The number of hydrogen-bond acceptors (Lipinski definition) is 10. The molecule has 0 unspecified atom stereocenters. The molecule has 2 N–H and O–H groups in total. The fourth-order valence-electron chi connectivity index (χ4n) is 6.03. The maximum absolute atomic E-state index is 13.1. The topological polar surface area (TPSA) is 157 Å². The number of aromatic nitrogens is 2. The summed E-state index contributed by atoms with van der Waals surface area (Å²) in [5.74, 6) is 0.159. The van der Waals surface area contributed by atoms with Crippen LogP contribution in [0.15, 0.2) is 97.6 Å². The van der Waals surface area contributed by atoms with E-state index in [1.165, 1.54) is 43.6 Å². The summed E-state index contributed by atoms with van der Waals surface area (Å²) in [4.78, 5) is 37.1. The maximum Gasteiger partial charge on any atom is 0.255 e. The fourth-order valence-corrected chi connectivity index (χ4v) is 7.03. The number of Topliss-reactive ketones (excluding diaryl/α,β-unsaturated/α-hetero) is 1. The standard InChI is InChI=1S/C46H35Cl4N5O7/c1-27(57)36-14-38(47)42(16-40(36)59-23-29-12-28(18-51)19-53-20-29)61-25-31-6-3-8-34(44(31)49)35-9-4-7-32(45(35)50)26-62-43-17-41(60-24-30-13-33(52-2)22-54-21-30)37(15-39(43)48)46(58)55-10-5-11-56/h3-4,6-9,12-17,19-22,56H,5,10-11,23-26H2,1H3,(H,55,58). The highest BCUT2D eigenvalue weighted by molar-refractivity contribution is 6.37. The molecule has 314 valence electrons. The summed E-state index contributed by atoms with van der Waals surface area (Å²) in [5.41, 5.74) is 4.84. The van der Waals surface area contributed by atoms with Crippen molar-refractivity contribution in [3.05, 3.63) is 168 Å². The van der Waals surface area contributed by atoms with E-state index in [2.05, 4.69) is 20.1 Å². The number of carbonyl (C=O) groups excluding carboxylic acids is 2.